The lowest BCUT2D eigenvalue weighted by molar-refractivity contribution is -0.274. The van der Waals surface area contributed by atoms with E-state index in [2.05, 4.69) is 18.6 Å². The Morgan fingerprint density at radius 1 is 1.14 bits per heavy atom. The summed E-state index contributed by atoms with van der Waals surface area (Å²) in [6.07, 6.45) is -2.16. The summed E-state index contributed by atoms with van der Waals surface area (Å²) >= 11 is 0. The van der Waals surface area contributed by atoms with Crippen molar-refractivity contribution in [2.75, 3.05) is 13.2 Å². The number of hydrogen-bond donors (Lipinski definition) is 1. The Labute approximate surface area is 124 Å². The van der Waals surface area contributed by atoms with Crippen molar-refractivity contribution in [2.24, 2.45) is 5.73 Å². The summed E-state index contributed by atoms with van der Waals surface area (Å²) in [6.45, 7) is 7.04. The molecule has 0 spiro atoms. The minimum Gasteiger partial charge on any atom is -0.493 e. The average Bonchev–Trinajstić information content (AvgIpc) is 2.39. The fourth-order valence-corrected chi connectivity index (χ4v) is 1.44. The van der Waals surface area contributed by atoms with E-state index in [9.17, 15) is 13.2 Å². The molecular weight excluding hydrogens is 283 g/mol. The van der Waals surface area contributed by atoms with Crippen molar-refractivity contribution in [3.05, 3.63) is 23.8 Å². The highest BCUT2D eigenvalue weighted by molar-refractivity contribution is 5.40. The molecule has 0 atom stereocenters. The summed E-state index contributed by atoms with van der Waals surface area (Å²) in [4.78, 5) is 0. The minimum absolute atomic E-state index is 0.231. The Kier molecular flexibility index (Phi) is 9.62. The maximum absolute atomic E-state index is 12.1. The zero-order chi connectivity index (χ0) is 16.3. The number of benzene rings is 1. The third kappa shape index (κ3) is 9.18. The highest BCUT2D eigenvalue weighted by Crippen LogP contribution is 2.28. The Hall–Kier alpha value is -1.43. The van der Waals surface area contributed by atoms with Crippen LogP contribution in [0.3, 0.4) is 0 Å². The minimum atomic E-state index is -4.67. The highest BCUT2D eigenvalue weighted by Gasteiger charge is 2.31. The fraction of sp³-hybridized carbons (Fsp3) is 0.600. The third-order valence-electron chi connectivity index (χ3n) is 2.25. The van der Waals surface area contributed by atoms with Crippen LogP contribution in [0.5, 0.6) is 11.5 Å². The van der Waals surface area contributed by atoms with E-state index < -0.39 is 6.36 Å². The average molecular weight is 307 g/mol. The highest BCUT2D eigenvalue weighted by atomic mass is 19.4. The lowest BCUT2D eigenvalue weighted by Gasteiger charge is -2.13. The maximum atomic E-state index is 12.1. The van der Waals surface area contributed by atoms with E-state index in [0.717, 1.165) is 0 Å². The standard InChI is InChI=1S/C12H16F3NO2.C3H8/c1-2-9-8-10(18-12(13,14)15)4-5-11(9)17-7-3-6-16;1-3-2/h4-5,8H,2-3,6-7,16H2,1H3;3H2,1-2H3. The first-order valence-corrected chi connectivity index (χ1v) is 7.09. The van der Waals surface area contributed by atoms with Crippen LogP contribution in [0.15, 0.2) is 18.2 Å². The van der Waals surface area contributed by atoms with E-state index in [1.54, 1.807) is 0 Å². The van der Waals surface area contributed by atoms with Crippen molar-refractivity contribution in [2.45, 2.75) is 46.4 Å². The number of hydrogen-bond acceptors (Lipinski definition) is 3. The molecule has 1 rings (SSSR count). The molecule has 0 amide bonds. The third-order valence-corrected chi connectivity index (χ3v) is 2.25. The molecule has 1 aromatic carbocycles. The molecule has 0 aromatic heterocycles. The van der Waals surface area contributed by atoms with Crippen LogP contribution in [0.4, 0.5) is 13.2 Å². The van der Waals surface area contributed by atoms with E-state index >= 15 is 0 Å². The number of alkyl halides is 3. The van der Waals surface area contributed by atoms with Crippen molar-refractivity contribution in [3.8, 4) is 11.5 Å². The Balaban J connectivity index is 0.00000122. The molecule has 3 nitrogen and oxygen atoms in total. The molecule has 0 radical (unpaired) electrons. The van der Waals surface area contributed by atoms with Gasteiger partial charge in [0.25, 0.3) is 0 Å². The van der Waals surface area contributed by atoms with Gasteiger partial charge in [0.1, 0.15) is 11.5 Å². The summed E-state index contributed by atoms with van der Waals surface area (Å²) < 4.78 is 45.5. The van der Waals surface area contributed by atoms with Crippen molar-refractivity contribution >= 4 is 0 Å². The monoisotopic (exact) mass is 307 g/mol. The van der Waals surface area contributed by atoms with E-state index in [0.29, 0.717) is 37.3 Å². The van der Waals surface area contributed by atoms with Crippen molar-refractivity contribution in [1.82, 2.24) is 0 Å². The molecule has 0 heterocycles. The maximum Gasteiger partial charge on any atom is 0.573 e. The topological polar surface area (TPSA) is 44.5 Å². The zero-order valence-electron chi connectivity index (χ0n) is 12.8. The Morgan fingerprint density at radius 3 is 2.24 bits per heavy atom. The number of aryl methyl sites for hydroxylation is 1. The first kappa shape index (κ1) is 19.6. The SMILES string of the molecule is CCC.CCc1cc(OC(F)(F)F)ccc1OCCCN. The molecule has 6 heteroatoms. The quantitative estimate of drug-likeness (QED) is 0.797. The van der Waals surface area contributed by atoms with Crippen LogP contribution in [0.2, 0.25) is 0 Å². The van der Waals surface area contributed by atoms with Crippen LogP contribution in [0.25, 0.3) is 0 Å². The summed E-state index contributed by atoms with van der Waals surface area (Å²) in [5.41, 5.74) is 6.01. The van der Waals surface area contributed by atoms with Crippen LogP contribution in [0, 0.1) is 0 Å². The second-order valence-corrected chi connectivity index (χ2v) is 4.37. The van der Waals surface area contributed by atoms with Crippen LogP contribution < -0.4 is 15.2 Å². The van der Waals surface area contributed by atoms with Gasteiger partial charge in [0.05, 0.1) is 6.61 Å². The first-order chi connectivity index (χ1) is 9.87. The Bertz CT molecular complexity index is 395. The fourth-order valence-electron chi connectivity index (χ4n) is 1.44. The normalized spacial score (nSPS) is 10.6. The van der Waals surface area contributed by atoms with Gasteiger partial charge in [0, 0.05) is 0 Å². The van der Waals surface area contributed by atoms with Crippen LogP contribution in [-0.2, 0) is 6.42 Å². The molecule has 1 aromatic rings. The predicted octanol–water partition coefficient (Wildman–Crippen LogP) is 4.29. The molecular formula is C15H24F3NO2. The molecule has 0 aliphatic heterocycles. The smallest absolute Gasteiger partial charge is 0.493 e. The van der Waals surface area contributed by atoms with Crippen molar-refractivity contribution in [3.63, 3.8) is 0 Å². The second kappa shape index (κ2) is 10.3. The largest absolute Gasteiger partial charge is 0.573 e. The zero-order valence-corrected chi connectivity index (χ0v) is 12.8. The molecule has 0 saturated heterocycles. The van der Waals surface area contributed by atoms with Gasteiger partial charge in [-0.1, -0.05) is 27.2 Å². The molecule has 0 bridgehead atoms. The lowest BCUT2D eigenvalue weighted by Crippen LogP contribution is -2.17. The van der Waals surface area contributed by atoms with E-state index in [4.69, 9.17) is 10.5 Å². The van der Waals surface area contributed by atoms with E-state index in [-0.39, 0.29) is 5.75 Å². The van der Waals surface area contributed by atoms with E-state index in [1.165, 1.54) is 24.6 Å². The number of halogens is 3. The lowest BCUT2D eigenvalue weighted by atomic mass is 10.1. The molecule has 21 heavy (non-hydrogen) atoms. The van der Waals surface area contributed by atoms with Gasteiger partial charge in [-0.2, -0.15) is 0 Å². The van der Waals surface area contributed by atoms with Gasteiger partial charge < -0.3 is 15.2 Å². The van der Waals surface area contributed by atoms with Gasteiger partial charge in [0.2, 0.25) is 0 Å². The summed E-state index contributed by atoms with van der Waals surface area (Å²) in [6, 6.07) is 4.06. The molecule has 0 fully saturated rings. The summed E-state index contributed by atoms with van der Waals surface area (Å²) in [7, 11) is 0. The first-order valence-electron chi connectivity index (χ1n) is 7.09. The summed E-state index contributed by atoms with van der Waals surface area (Å²) in [5.74, 6) is 0.339. The van der Waals surface area contributed by atoms with Crippen LogP contribution in [-0.4, -0.2) is 19.5 Å². The van der Waals surface area contributed by atoms with Crippen LogP contribution in [0.1, 0.15) is 39.2 Å². The van der Waals surface area contributed by atoms with Crippen LogP contribution >= 0.6 is 0 Å². The van der Waals surface area contributed by atoms with Gasteiger partial charge >= 0.3 is 6.36 Å². The van der Waals surface area contributed by atoms with E-state index in [1.807, 2.05) is 6.92 Å². The molecule has 0 unspecified atom stereocenters. The molecule has 122 valence electrons. The predicted molar refractivity (Wildman–Crippen MR) is 77.6 cm³/mol. The number of nitrogens with two attached hydrogens (primary N) is 1. The summed E-state index contributed by atoms with van der Waals surface area (Å²) in [5, 5.41) is 0. The number of ether oxygens (including phenoxy) is 2. The van der Waals surface area contributed by atoms with Gasteiger partial charge in [-0.25, -0.2) is 0 Å². The van der Waals surface area contributed by atoms with Gasteiger partial charge in [-0.3, -0.25) is 0 Å². The Morgan fingerprint density at radius 2 is 1.76 bits per heavy atom. The van der Waals surface area contributed by atoms with Gasteiger partial charge in [-0.15, -0.1) is 13.2 Å². The number of rotatable bonds is 6. The van der Waals surface area contributed by atoms with Crippen molar-refractivity contribution in [1.29, 1.82) is 0 Å². The molecule has 0 aliphatic rings. The molecule has 0 saturated carbocycles. The van der Waals surface area contributed by atoms with Gasteiger partial charge in [-0.05, 0) is 43.1 Å². The second-order valence-electron chi connectivity index (χ2n) is 4.37. The van der Waals surface area contributed by atoms with Gasteiger partial charge in [0.15, 0.2) is 0 Å². The molecule has 0 aliphatic carbocycles. The van der Waals surface area contributed by atoms with Crippen molar-refractivity contribution < 1.29 is 22.6 Å². The molecule has 2 N–H and O–H groups in total.